The van der Waals surface area contributed by atoms with Gasteiger partial charge in [-0.05, 0) is 36.8 Å². The van der Waals surface area contributed by atoms with Gasteiger partial charge in [0.1, 0.15) is 0 Å². The lowest BCUT2D eigenvalue weighted by Crippen LogP contribution is -2.32. The molecule has 0 aliphatic heterocycles. The zero-order valence-electron chi connectivity index (χ0n) is 12.4. The van der Waals surface area contributed by atoms with E-state index in [2.05, 4.69) is 10.6 Å². The van der Waals surface area contributed by atoms with E-state index >= 15 is 0 Å². The predicted octanol–water partition coefficient (Wildman–Crippen LogP) is 3.82. The van der Waals surface area contributed by atoms with Gasteiger partial charge < -0.3 is 20.1 Å². The van der Waals surface area contributed by atoms with E-state index in [0.717, 1.165) is 5.56 Å². The van der Waals surface area contributed by atoms with E-state index in [9.17, 15) is 4.79 Å². The molecule has 0 radical (unpaired) electrons. The Labute approximate surface area is 134 Å². The molecule has 22 heavy (non-hydrogen) atoms. The molecule has 0 unspecified atom stereocenters. The number of methoxy groups -OCH3 is 1. The van der Waals surface area contributed by atoms with Crippen LogP contribution in [0.25, 0.3) is 0 Å². The van der Waals surface area contributed by atoms with Gasteiger partial charge in [0, 0.05) is 10.7 Å². The van der Waals surface area contributed by atoms with Gasteiger partial charge in [-0.15, -0.1) is 0 Å². The quantitative estimate of drug-likeness (QED) is 0.823. The van der Waals surface area contributed by atoms with Crippen LogP contribution in [-0.2, 0) is 0 Å². The minimum Gasteiger partial charge on any atom is -0.493 e. The molecule has 2 amide bonds. The van der Waals surface area contributed by atoms with Gasteiger partial charge in [0.15, 0.2) is 18.2 Å². The summed E-state index contributed by atoms with van der Waals surface area (Å²) < 4.78 is 10.6. The first kappa shape index (κ1) is 16.0. The molecule has 0 heterocycles. The van der Waals surface area contributed by atoms with E-state index in [-0.39, 0.29) is 12.8 Å². The van der Waals surface area contributed by atoms with E-state index in [1.54, 1.807) is 31.4 Å². The number of halogens is 1. The number of benzene rings is 2. The van der Waals surface area contributed by atoms with Crippen molar-refractivity contribution >= 4 is 23.3 Å². The Balaban J connectivity index is 1.84. The molecule has 0 saturated carbocycles. The van der Waals surface area contributed by atoms with Crippen molar-refractivity contribution in [1.29, 1.82) is 0 Å². The molecule has 0 aliphatic rings. The average molecular weight is 321 g/mol. The van der Waals surface area contributed by atoms with Gasteiger partial charge in [0.25, 0.3) is 0 Å². The van der Waals surface area contributed by atoms with Crippen LogP contribution >= 0.6 is 11.6 Å². The number of hydrogen-bond acceptors (Lipinski definition) is 3. The number of carbonyl (C=O) groups is 1. The number of hydrogen-bond donors (Lipinski definition) is 2. The summed E-state index contributed by atoms with van der Waals surface area (Å²) in [7, 11) is 1.56. The molecule has 6 heteroatoms. The van der Waals surface area contributed by atoms with Gasteiger partial charge in [0.2, 0.25) is 0 Å². The standard InChI is InChI=1S/C16H17ClN2O3/c1-11-7-8-12(9-13(11)17)19-16(20)18-10-22-15-6-4-3-5-14(15)21-2/h3-9H,10H2,1-2H3,(H2,18,19,20). The molecular weight excluding hydrogens is 304 g/mol. The Hall–Kier alpha value is -2.40. The highest BCUT2D eigenvalue weighted by Gasteiger charge is 2.05. The smallest absolute Gasteiger partial charge is 0.321 e. The highest BCUT2D eigenvalue weighted by molar-refractivity contribution is 6.31. The lowest BCUT2D eigenvalue weighted by Gasteiger charge is -2.12. The van der Waals surface area contributed by atoms with Crippen molar-refractivity contribution in [3.63, 3.8) is 0 Å². The summed E-state index contributed by atoms with van der Waals surface area (Å²) in [6.45, 7) is 1.92. The second-order valence-electron chi connectivity index (χ2n) is 4.53. The Kier molecular flexibility index (Phi) is 5.49. The molecule has 5 nitrogen and oxygen atoms in total. The van der Waals surface area contributed by atoms with Gasteiger partial charge in [-0.1, -0.05) is 29.8 Å². The second-order valence-corrected chi connectivity index (χ2v) is 4.94. The summed E-state index contributed by atoms with van der Waals surface area (Å²) in [5.74, 6) is 1.17. The number of aryl methyl sites for hydroxylation is 1. The van der Waals surface area contributed by atoms with Gasteiger partial charge in [0.05, 0.1) is 7.11 Å². The van der Waals surface area contributed by atoms with E-state index in [1.165, 1.54) is 0 Å². The molecule has 116 valence electrons. The number of carbonyl (C=O) groups excluding carboxylic acids is 1. The Morgan fingerprint density at radius 2 is 1.91 bits per heavy atom. The molecule has 0 aliphatic carbocycles. The molecule has 2 aromatic carbocycles. The first-order valence-corrected chi connectivity index (χ1v) is 7.05. The highest BCUT2D eigenvalue weighted by Crippen LogP contribution is 2.25. The van der Waals surface area contributed by atoms with Crippen LogP contribution < -0.4 is 20.1 Å². The van der Waals surface area contributed by atoms with Crippen LogP contribution in [0.1, 0.15) is 5.56 Å². The summed E-state index contributed by atoms with van der Waals surface area (Å²) in [6, 6.07) is 12.1. The Morgan fingerprint density at radius 3 is 2.59 bits per heavy atom. The highest BCUT2D eigenvalue weighted by atomic mass is 35.5. The van der Waals surface area contributed by atoms with Crippen LogP contribution in [0.2, 0.25) is 5.02 Å². The topological polar surface area (TPSA) is 59.6 Å². The van der Waals surface area contributed by atoms with Crippen LogP contribution in [0.15, 0.2) is 42.5 Å². The fourth-order valence-electron chi connectivity index (χ4n) is 1.76. The lowest BCUT2D eigenvalue weighted by atomic mass is 10.2. The van der Waals surface area contributed by atoms with Crippen molar-refractivity contribution in [2.75, 3.05) is 19.2 Å². The van der Waals surface area contributed by atoms with Gasteiger partial charge >= 0.3 is 6.03 Å². The number of amides is 2. The van der Waals surface area contributed by atoms with Crippen LogP contribution in [0.5, 0.6) is 11.5 Å². The summed E-state index contributed by atoms with van der Waals surface area (Å²) in [5, 5.41) is 5.87. The van der Waals surface area contributed by atoms with Gasteiger partial charge in [-0.3, -0.25) is 0 Å². The van der Waals surface area contributed by atoms with E-state index in [0.29, 0.717) is 22.2 Å². The minimum atomic E-state index is -0.380. The molecular formula is C16H17ClN2O3. The normalized spacial score (nSPS) is 9.95. The maximum absolute atomic E-state index is 11.8. The average Bonchev–Trinajstić information content (AvgIpc) is 2.51. The van der Waals surface area contributed by atoms with Crippen LogP contribution in [0.3, 0.4) is 0 Å². The molecule has 0 spiro atoms. The maximum Gasteiger partial charge on any atom is 0.321 e. The summed E-state index contributed by atoms with van der Waals surface area (Å²) in [4.78, 5) is 11.8. The van der Waals surface area contributed by atoms with Crippen molar-refractivity contribution in [3.05, 3.63) is 53.1 Å². The van der Waals surface area contributed by atoms with Gasteiger partial charge in [-0.2, -0.15) is 0 Å². The van der Waals surface area contributed by atoms with Crippen molar-refractivity contribution < 1.29 is 14.3 Å². The van der Waals surface area contributed by atoms with Gasteiger partial charge in [-0.25, -0.2) is 4.79 Å². The SMILES string of the molecule is COc1ccccc1OCNC(=O)Nc1ccc(C)c(Cl)c1. The summed E-state index contributed by atoms with van der Waals surface area (Å²) in [5.41, 5.74) is 1.57. The van der Waals surface area contributed by atoms with Crippen LogP contribution in [0.4, 0.5) is 10.5 Å². The zero-order chi connectivity index (χ0) is 15.9. The lowest BCUT2D eigenvalue weighted by molar-refractivity contribution is 0.231. The van der Waals surface area contributed by atoms with Crippen molar-refractivity contribution in [2.24, 2.45) is 0 Å². The number of anilines is 1. The van der Waals surface area contributed by atoms with Crippen LogP contribution in [-0.4, -0.2) is 19.9 Å². The number of nitrogens with one attached hydrogen (secondary N) is 2. The van der Waals surface area contributed by atoms with Crippen molar-refractivity contribution in [3.8, 4) is 11.5 Å². The van der Waals surface area contributed by atoms with Crippen molar-refractivity contribution in [1.82, 2.24) is 5.32 Å². The molecule has 0 saturated heterocycles. The number of para-hydroxylation sites is 2. The molecule has 0 aromatic heterocycles. The minimum absolute atomic E-state index is 0.0196. The Bertz CT molecular complexity index is 662. The first-order chi connectivity index (χ1) is 10.6. The third-order valence-electron chi connectivity index (χ3n) is 2.96. The molecule has 2 aromatic rings. The fraction of sp³-hybridized carbons (Fsp3) is 0.188. The molecule has 2 N–H and O–H groups in total. The largest absolute Gasteiger partial charge is 0.493 e. The number of urea groups is 1. The fourth-order valence-corrected chi connectivity index (χ4v) is 1.94. The van der Waals surface area contributed by atoms with E-state index < -0.39 is 0 Å². The van der Waals surface area contributed by atoms with E-state index in [1.807, 2.05) is 25.1 Å². The molecule has 0 fully saturated rings. The number of rotatable bonds is 5. The van der Waals surface area contributed by atoms with Crippen LogP contribution in [0, 0.1) is 6.92 Å². The van der Waals surface area contributed by atoms with Crippen molar-refractivity contribution in [2.45, 2.75) is 6.92 Å². The zero-order valence-corrected chi connectivity index (χ0v) is 13.1. The third-order valence-corrected chi connectivity index (χ3v) is 3.37. The maximum atomic E-state index is 11.8. The second kappa shape index (κ2) is 7.56. The Morgan fingerprint density at radius 1 is 1.18 bits per heavy atom. The van der Waals surface area contributed by atoms with E-state index in [4.69, 9.17) is 21.1 Å². The molecule has 0 bridgehead atoms. The summed E-state index contributed by atoms with van der Waals surface area (Å²) in [6.07, 6.45) is 0. The molecule has 2 rings (SSSR count). The molecule has 0 atom stereocenters. The number of ether oxygens (including phenoxy) is 2. The predicted molar refractivity (Wildman–Crippen MR) is 86.8 cm³/mol. The first-order valence-electron chi connectivity index (χ1n) is 6.67. The summed E-state index contributed by atoms with van der Waals surface area (Å²) >= 11 is 6.00. The monoisotopic (exact) mass is 320 g/mol. The third kappa shape index (κ3) is 4.30.